The Kier molecular flexibility index (Phi) is 6.01. The molecule has 6 heteroatoms. The number of hydrogen-bond donors (Lipinski definition) is 0. The molecule has 1 aromatic rings. The topological polar surface area (TPSA) is 57.0 Å². The highest BCUT2D eigenvalue weighted by Gasteiger charge is 2.28. The molecule has 0 unspecified atom stereocenters. The van der Waals surface area contributed by atoms with E-state index in [1.54, 1.807) is 0 Å². The number of furan rings is 1. The van der Waals surface area contributed by atoms with E-state index in [4.69, 9.17) is 4.42 Å². The lowest BCUT2D eigenvalue weighted by Crippen LogP contribution is -2.51. The van der Waals surface area contributed by atoms with E-state index in [1.807, 2.05) is 30.6 Å². The molecule has 0 N–H and O–H groups in total. The summed E-state index contributed by atoms with van der Waals surface area (Å²) in [7, 11) is 0. The highest BCUT2D eigenvalue weighted by molar-refractivity contribution is 5.97. The van der Waals surface area contributed by atoms with Gasteiger partial charge in [0.2, 0.25) is 5.91 Å². The highest BCUT2D eigenvalue weighted by atomic mass is 16.3. The van der Waals surface area contributed by atoms with Crippen LogP contribution >= 0.6 is 0 Å². The molecule has 2 amide bonds. The zero-order chi connectivity index (χ0) is 18.7. The third kappa shape index (κ3) is 4.11. The fourth-order valence-electron chi connectivity index (χ4n) is 3.99. The Balaban J connectivity index is 1.52. The first kappa shape index (κ1) is 19.0. The minimum atomic E-state index is 0.0512. The molecule has 0 saturated carbocycles. The molecule has 2 aliphatic rings. The van der Waals surface area contributed by atoms with Crippen molar-refractivity contribution in [1.82, 2.24) is 14.7 Å². The SMILES string of the molecule is Cc1oc(C)c(C(=O)N2CCN(CC(=O)N3CCCCCC3)CC2)c1C. The van der Waals surface area contributed by atoms with Crippen molar-refractivity contribution in [3.63, 3.8) is 0 Å². The smallest absolute Gasteiger partial charge is 0.257 e. The molecule has 2 aliphatic heterocycles. The summed E-state index contributed by atoms with van der Waals surface area (Å²) in [6.45, 7) is 10.8. The first-order valence-corrected chi connectivity index (χ1v) is 9.83. The molecule has 3 rings (SSSR count). The molecule has 0 aromatic carbocycles. The fourth-order valence-corrected chi connectivity index (χ4v) is 3.99. The summed E-state index contributed by atoms with van der Waals surface area (Å²) in [4.78, 5) is 31.5. The first-order valence-electron chi connectivity index (χ1n) is 9.83. The van der Waals surface area contributed by atoms with Crippen LogP contribution in [0.15, 0.2) is 4.42 Å². The first-order chi connectivity index (χ1) is 12.5. The molecule has 0 spiro atoms. The van der Waals surface area contributed by atoms with Crippen LogP contribution in [-0.2, 0) is 4.79 Å². The van der Waals surface area contributed by atoms with Crippen molar-refractivity contribution < 1.29 is 14.0 Å². The zero-order valence-electron chi connectivity index (χ0n) is 16.3. The predicted molar refractivity (Wildman–Crippen MR) is 100 cm³/mol. The maximum atomic E-state index is 12.8. The Hall–Kier alpha value is -1.82. The Morgan fingerprint density at radius 2 is 1.42 bits per heavy atom. The molecule has 6 nitrogen and oxygen atoms in total. The summed E-state index contributed by atoms with van der Waals surface area (Å²) in [5.41, 5.74) is 1.64. The van der Waals surface area contributed by atoms with Gasteiger partial charge >= 0.3 is 0 Å². The third-order valence-electron chi connectivity index (χ3n) is 5.75. The van der Waals surface area contributed by atoms with Gasteiger partial charge in [-0.2, -0.15) is 0 Å². The maximum absolute atomic E-state index is 12.8. The van der Waals surface area contributed by atoms with Gasteiger partial charge in [0.1, 0.15) is 11.5 Å². The Morgan fingerprint density at radius 3 is 1.96 bits per heavy atom. The van der Waals surface area contributed by atoms with Crippen LogP contribution in [0.2, 0.25) is 0 Å². The van der Waals surface area contributed by atoms with Crippen LogP contribution in [0.1, 0.15) is 53.1 Å². The van der Waals surface area contributed by atoms with Crippen LogP contribution in [0.4, 0.5) is 0 Å². The molecule has 0 radical (unpaired) electrons. The molecule has 2 fully saturated rings. The molecule has 144 valence electrons. The van der Waals surface area contributed by atoms with E-state index in [-0.39, 0.29) is 11.8 Å². The third-order valence-corrected chi connectivity index (χ3v) is 5.75. The molecular weight excluding hydrogens is 330 g/mol. The number of likely N-dealkylation sites (tertiary alicyclic amines) is 1. The van der Waals surface area contributed by atoms with E-state index in [9.17, 15) is 9.59 Å². The molecular formula is C20H31N3O3. The number of hydrogen-bond acceptors (Lipinski definition) is 4. The van der Waals surface area contributed by atoms with Gasteiger partial charge in [0, 0.05) is 44.8 Å². The van der Waals surface area contributed by atoms with Gasteiger partial charge in [0.25, 0.3) is 5.91 Å². The monoisotopic (exact) mass is 361 g/mol. The van der Waals surface area contributed by atoms with Gasteiger partial charge < -0.3 is 14.2 Å². The quantitative estimate of drug-likeness (QED) is 0.829. The van der Waals surface area contributed by atoms with Gasteiger partial charge in [0.15, 0.2) is 0 Å². The molecule has 3 heterocycles. The number of nitrogens with zero attached hydrogens (tertiary/aromatic N) is 3. The van der Waals surface area contributed by atoms with Crippen molar-refractivity contribution in [2.24, 2.45) is 0 Å². The molecule has 26 heavy (non-hydrogen) atoms. The van der Waals surface area contributed by atoms with Crippen molar-refractivity contribution in [3.05, 3.63) is 22.6 Å². The zero-order valence-corrected chi connectivity index (χ0v) is 16.3. The Bertz CT molecular complexity index is 652. The van der Waals surface area contributed by atoms with Gasteiger partial charge in [-0.3, -0.25) is 14.5 Å². The molecule has 0 atom stereocenters. The minimum absolute atomic E-state index is 0.0512. The number of rotatable bonds is 3. The van der Waals surface area contributed by atoms with Gasteiger partial charge in [0.05, 0.1) is 12.1 Å². The minimum Gasteiger partial charge on any atom is -0.466 e. The Labute approximate surface area is 156 Å². The lowest BCUT2D eigenvalue weighted by Gasteiger charge is -2.35. The fraction of sp³-hybridized carbons (Fsp3) is 0.700. The lowest BCUT2D eigenvalue weighted by molar-refractivity contribution is -0.132. The van der Waals surface area contributed by atoms with E-state index in [0.29, 0.717) is 31.0 Å². The van der Waals surface area contributed by atoms with Crippen LogP contribution in [0.3, 0.4) is 0 Å². The van der Waals surface area contributed by atoms with Crippen molar-refractivity contribution in [1.29, 1.82) is 0 Å². The summed E-state index contributed by atoms with van der Waals surface area (Å²) in [5, 5.41) is 0. The summed E-state index contributed by atoms with van der Waals surface area (Å²) < 4.78 is 5.60. The van der Waals surface area contributed by atoms with Gasteiger partial charge in [-0.1, -0.05) is 12.8 Å². The highest BCUT2D eigenvalue weighted by Crippen LogP contribution is 2.23. The van der Waals surface area contributed by atoms with Gasteiger partial charge in [-0.15, -0.1) is 0 Å². The summed E-state index contributed by atoms with van der Waals surface area (Å²) >= 11 is 0. The van der Waals surface area contributed by atoms with Gasteiger partial charge in [-0.25, -0.2) is 0 Å². The van der Waals surface area contributed by atoms with Crippen LogP contribution < -0.4 is 0 Å². The molecule has 2 saturated heterocycles. The van der Waals surface area contributed by atoms with Crippen LogP contribution in [0.25, 0.3) is 0 Å². The number of aryl methyl sites for hydroxylation is 2. The molecule has 0 bridgehead atoms. The van der Waals surface area contributed by atoms with E-state index < -0.39 is 0 Å². The van der Waals surface area contributed by atoms with Crippen molar-refractivity contribution in [3.8, 4) is 0 Å². The normalized spacial score (nSPS) is 19.5. The lowest BCUT2D eigenvalue weighted by atomic mass is 10.1. The Morgan fingerprint density at radius 1 is 0.808 bits per heavy atom. The number of piperazine rings is 1. The van der Waals surface area contributed by atoms with Crippen molar-refractivity contribution >= 4 is 11.8 Å². The van der Waals surface area contributed by atoms with Crippen LogP contribution in [0.5, 0.6) is 0 Å². The standard InChI is InChI=1S/C20H31N3O3/c1-15-16(2)26-17(3)19(15)20(25)23-12-10-21(11-13-23)14-18(24)22-8-6-4-5-7-9-22/h4-14H2,1-3H3. The second-order valence-electron chi connectivity index (χ2n) is 7.58. The second-order valence-corrected chi connectivity index (χ2v) is 7.58. The molecule has 1 aromatic heterocycles. The largest absolute Gasteiger partial charge is 0.466 e. The predicted octanol–water partition coefficient (Wildman–Crippen LogP) is 2.37. The van der Waals surface area contributed by atoms with E-state index in [0.717, 1.165) is 50.3 Å². The summed E-state index contributed by atoms with van der Waals surface area (Å²) in [6, 6.07) is 0. The van der Waals surface area contributed by atoms with E-state index >= 15 is 0 Å². The van der Waals surface area contributed by atoms with Crippen LogP contribution in [0, 0.1) is 20.8 Å². The van der Waals surface area contributed by atoms with Crippen LogP contribution in [-0.4, -0.2) is 72.3 Å². The summed E-state index contributed by atoms with van der Waals surface area (Å²) in [5.74, 6) is 1.80. The maximum Gasteiger partial charge on any atom is 0.257 e. The average molecular weight is 361 g/mol. The van der Waals surface area contributed by atoms with Crippen molar-refractivity contribution in [2.45, 2.75) is 46.5 Å². The number of amides is 2. The number of carbonyl (C=O) groups is 2. The van der Waals surface area contributed by atoms with Crippen molar-refractivity contribution in [2.75, 3.05) is 45.8 Å². The van der Waals surface area contributed by atoms with E-state index in [1.165, 1.54) is 12.8 Å². The number of carbonyl (C=O) groups excluding carboxylic acids is 2. The summed E-state index contributed by atoms with van der Waals surface area (Å²) in [6.07, 6.45) is 4.71. The van der Waals surface area contributed by atoms with Gasteiger partial charge in [-0.05, 0) is 33.6 Å². The second kappa shape index (κ2) is 8.25. The molecule has 0 aliphatic carbocycles. The average Bonchev–Trinajstić information content (AvgIpc) is 2.83. The van der Waals surface area contributed by atoms with E-state index in [2.05, 4.69) is 4.90 Å².